The van der Waals surface area contributed by atoms with E-state index in [4.69, 9.17) is 5.11 Å². The average molecular weight is 301 g/mol. The fourth-order valence-corrected chi connectivity index (χ4v) is 2.87. The van der Waals surface area contributed by atoms with Crippen molar-refractivity contribution >= 4 is 23.7 Å². The predicted molar refractivity (Wildman–Crippen MR) is 82.5 cm³/mol. The van der Waals surface area contributed by atoms with Gasteiger partial charge in [-0.05, 0) is 50.3 Å². The molecule has 0 spiro atoms. The third kappa shape index (κ3) is 2.68. The van der Waals surface area contributed by atoms with Gasteiger partial charge >= 0.3 is 5.97 Å². The first kappa shape index (κ1) is 14.6. The maximum absolute atomic E-state index is 12.0. The van der Waals surface area contributed by atoms with Crippen LogP contribution in [0.5, 0.6) is 0 Å². The minimum Gasteiger partial charge on any atom is -0.481 e. The molecule has 2 aliphatic rings. The van der Waals surface area contributed by atoms with Gasteiger partial charge < -0.3 is 10.1 Å². The Morgan fingerprint density at radius 2 is 2.14 bits per heavy atom. The van der Waals surface area contributed by atoms with Crippen LogP contribution in [-0.4, -0.2) is 27.7 Å². The summed E-state index contributed by atoms with van der Waals surface area (Å²) >= 11 is 0. The third-order valence-corrected chi connectivity index (χ3v) is 4.27. The van der Waals surface area contributed by atoms with Gasteiger partial charge in [-0.3, -0.25) is 9.59 Å². The summed E-state index contributed by atoms with van der Waals surface area (Å²) in [7, 11) is 0. The SMILES string of the molecule is Cc1[nH]c(C=C2C(=O)NN=C2C2CC2)c(C)c1CCC(=O)O. The Kier molecular flexibility index (Phi) is 3.60. The summed E-state index contributed by atoms with van der Waals surface area (Å²) in [5.74, 6) is -0.577. The summed E-state index contributed by atoms with van der Waals surface area (Å²) in [5, 5.41) is 13.0. The molecule has 1 aromatic heterocycles. The summed E-state index contributed by atoms with van der Waals surface area (Å²) < 4.78 is 0. The molecular formula is C16H19N3O3. The van der Waals surface area contributed by atoms with Gasteiger partial charge in [0.05, 0.1) is 11.3 Å². The number of nitrogens with one attached hydrogen (secondary N) is 2. The second kappa shape index (κ2) is 5.44. The molecule has 0 aromatic carbocycles. The Morgan fingerprint density at radius 1 is 1.41 bits per heavy atom. The Labute approximate surface area is 128 Å². The van der Waals surface area contributed by atoms with Crippen molar-refractivity contribution in [1.29, 1.82) is 0 Å². The molecule has 6 nitrogen and oxygen atoms in total. The smallest absolute Gasteiger partial charge is 0.303 e. The molecule has 3 N–H and O–H groups in total. The van der Waals surface area contributed by atoms with Crippen molar-refractivity contribution in [2.75, 3.05) is 0 Å². The van der Waals surface area contributed by atoms with Crippen LogP contribution >= 0.6 is 0 Å². The van der Waals surface area contributed by atoms with Crippen LogP contribution in [0, 0.1) is 19.8 Å². The number of aliphatic carboxylic acids is 1. The molecule has 0 saturated heterocycles. The molecule has 1 aromatic rings. The van der Waals surface area contributed by atoms with Crippen LogP contribution in [0.4, 0.5) is 0 Å². The van der Waals surface area contributed by atoms with Crippen molar-refractivity contribution in [2.45, 2.75) is 39.5 Å². The molecule has 0 unspecified atom stereocenters. The number of carboxylic acid groups (broad SMARTS) is 1. The predicted octanol–water partition coefficient (Wildman–Crippen LogP) is 1.93. The highest BCUT2D eigenvalue weighted by Gasteiger charge is 2.36. The van der Waals surface area contributed by atoms with Gasteiger partial charge in [-0.1, -0.05) is 0 Å². The molecule has 6 heteroatoms. The van der Waals surface area contributed by atoms with Crippen molar-refractivity contribution in [1.82, 2.24) is 10.4 Å². The maximum Gasteiger partial charge on any atom is 0.303 e. The summed E-state index contributed by atoms with van der Waals surface area (Å²) in [6, 6.07) is 0. The molecule has 0 bridgehead atoms. The molecule has 22 heavy (non-hydrogen) atoms. The number of hydrogen-bond donors (Lipinski definition) is 3. The van der Waals surface area contributed by atoms with E-state index < -0.39 is 5.97 Å². The highest BCUT2D eigenvalue weighted by atomic mass is 16.4. The van der Waals surface area contributed by atoms with Crippen LogP contribution in [-0.2, 0) is 16.0 Å². The van der Waals surface area contributed by atoms with Crippen molar-refractivity contribution in [3.8, 4) is 0 Å². The van der Waals surface area contributed by atoms with E-state index in [0.29, 0.717) is 17.9 Å². The second-order valence-corrected chi connectivity index (χ2v) is 5.93. The van der Waals surface area contributed by atoms with Gasteiger partial charge in [-0.15, -0.1) is 0 Å². The van der Waals surface area contributed by atoms with E-state index in [-0.39, 0.29) is 12.3 Å². The van der Waals surface area contributed by atoms with E-state index >= 15 is 0 Å². The monoisotopic (exact) mass is 301 g/mol. The number of H-pyrrole nitrogens is 1. The number of carboxylic acids is 1. The summed E-state index contributed by atoms with van der Waals surface area (Å²) in [5.41, 5.74) is 7.83. The van der Waals surface area contributed by atoms with Crippen molar-refractivity contribution in [3.05, 3.63) is 28.1 Å². The van der Waals surface area contributed by atoms with Crippen LogP contribution in [0.1, 0.15) is 41.8 Å². The quantitative estimate of drug-likeness (QED) is 0.725. The third-order valence-electron chi connectivity index (χ3n) is 4.27. The summed E-state index contributed by atoms with van der Waals surface area (Å²) in [6.45, 7) is 3.88. The van der Waals surface area contributed by atoms with Crippen molar-refractivity contribution < 1.29 is 14.7 Å². The maximum atomic E-state index is 12.0. The normalized spacial score (nSPS) is 19.5. The Hall–Kier alpha value is -2.37. The van der Waals surface area contributed by atoms with Gasteiger partial charge in [0.2, 0.25) is 0 Å². The van der Waals surface area contributed by atoms with Crippen LogP contribution in [0.3, 0.4) is 0 Å². The molecule has 2 heterocycles. The topological polar surface area (TPSA) is 94.5 Å². The van der Waals surface area contributed by atoms with Crippen LogP contribution in [0.25, 0.3) is 6.08 Å². The molecule has 0 atom stereocenters. The molecule has 1 fully saturated rings. The van der Waals surface area contributed by atoms with E-state index in [1.807, 2.05) is 19.9 Å². The summed E-state index contributed by atoms with van der Waals surface area (Å²) in [6.07, 6.45) is 4.59. The van der Waals surface area contributed by atoms with Gasteiger partial charge in [0.25, 0.3) is 5.91 Å². The molecule has 1 saturated carbocycles. The lowest BCUT2D eigenvalue weighted by Crippen LogP contribution is -2.13. The minimum absolute atomic E-state index is 0.102. The number of carbonyl (C=O) groups is 2. The van der Waals surface area contributed by atoms with Crippen LogP contribution < -0.4 is 5.43 Å². The highest BCUT2D eigenvalue weighted by Crippen LogP contribution is 2.35. The van der Waals surface area contributed by atoms with E-state index in [0.717, 1.165) is 41.1 Å². The fraction of sp³-hybridized carbons (Fsp3) is 0.438. The number of hydrazone groups is 1. The Morgan fingerprint density at radius 3 is 2.77 bits per heavy atom. The number of rotatable bonds is 5. The Balaban J connectivity index is 1.90. The number of aromatic nitrogens is 1. The van der Waals surface area contributed by atoms with E-state index in [1.165, 1.54) is 0 Å². The highest BCUT2D eigenvalue weighted by molar-refractivity contribution is 6.28. The Bertz CT molecular complexity index is 708. The van der Waals surface area contributed by atoms with Gasteiger partial charge in [0, 0.05) is 23.7 Å². The van der Waals surface area contributed by atoms with E-state index in [2.05, 4.69) is 15.5 Å². The van der Waals surface area contributed by atoms with E-state index in [9.17, 15) is 9.59 Å². The number of carbonyl (C=O) groups excluding carboxylic acids is 1. The molecule has 1 aliphatic carbocycles. The zero-order valence-electron chi connectivity index (χ0n) is 12.7. The van der Waals surface area contributed by atoms with Crippen molar-refractivity contribution in [3.63, 3.8) is 0 Å². The van der Waals surface area contributed by atoms with Gasteiger partial charge in [-0.25, -0.2) is 5.43 Å². The number of aromatic amines is 1. The first-order chi connectivity index (χ1) is 10.5. The molecule has 1 aliphatic heterocycles. The molecule has 3 rings (SSSR count). The molecule has 1 amide bonds. The van der Waals surface area contributed by atoms with Gasteiger partial charge in [0.15, 0.2) is 0 Å². The minimum atomic E-state index is -0.807. The molecule has 0 radical (unpaired) electrons. The van der Waals surface area contributed by atoms with Crippen LogP contribution in [0.2, 0.25) is 0 Å². The first-order valence-corrected chi connectivity index (χ1v) is 7.47. The lowest BCUT2D eigenvalue weighted by molar-refractivity contribution is -0.137. The van der Waals surface area contributed by atoms with Gasteiger partial charge in [-0.2, -0.15) is 5.10 Å². The number of aryl methyl sites for hydroxylation is 1. The zero-order valence-corrected chi connectivity index (χ0v) is 12.7. The van der Waals surface area contributed by atoms with E-state index in [1.54, 1.807) is 0 Å². The number of hydrogen-bond acceptors (Lipinski definition) is 3. The zero-order chi connectivity index (χ0) is 15.9. The second-order valence-electron chi connectivity index (χ2n) is 5.93. The largest absolute Gasteiger partial charge is 0.481 e. The number of nitrogens with zero attached hydrogens (tertiary/aromatic N) is 1. The number of amides is 1. The standard InChI is InChI=1S/C16H19N3O3/c1-8-11(5-6-14(20)21)9(2)17-13(8)7-12-15(10-3-4-10)18-19-16(12)22/h7,10,17H,3-6H2,1-2H3,(H,19,22)(H,20,21). The van der Waals surface area contributed by atoms with Crippen LogP contribution in [0.15, 0.2) is 10.7 Å². The molecular weight excluding hydrogens is 282 g/mol. The molecule has 116 valence electrons. The lowest BCUT2D eigenvalue weighted by Gasteiger charge is -2.01. The first-order valence-electron chi connectivity index (χ1n) is 7.47. The summed E-state index contributed by atoms with van der Waals surface area (Å²) in [4.78, 5) is 26.0. The lowest BCUT2D eigenvalue weighted by atomic mass is 10.0. The average Bonchev–Trinajstić information content (AvgIpc) is 3.18. The van der Waals surface area contributed by atoms with Gasteiger partial charge in [0.1, 0.15) is 0 Å². The fourth-order valence-electron chi connectivity index (χ4n) is 2.87. The van der Waals surface area contributed by atoms with Crippen molar-refractivity contribution in [2.24, 2.45) is 11.0 Å².